The first-order valence-electron chi connectivity index (χ1n) is 10.7. The number of carbonyl (C=O) groups excluding carboxylic acids is 1. The summed E-state index contributed by atoms with van der Waals surface area (Å²) in [6.45, 7) is 0. The van der Waals surface area contributed by atoms with Gasteiger partial charge in [0.1, 0.15) is 5.75 Å². The van der Waals surface area contributed by atoms with E-state index < -0.39 is 18.4 Å². The average Bonchev–Trinajstić information content (AvgIpc) is 2.94. The number of benzene rings is 3. The molecule has 0 saturated heterocycles. The molecule has 4 rings (SSSR count). The van der Waals surface area contributed by atoms with Crippen LogP contribution in [-0.4, -0.2) is 43.4 Å². The SMILES string of the molecule is CN(C(=S)NC1N=C(c2ccccc2Cl)c2cc(Cl)ccc2N(C)C1=O)c1ccc(OC(F)(F)F)cc1. The number of thiocarbonyl (C=S) groups is 1. The van der Waals surface area contributed by atoms with Gasteiger partial charge in [0.15, 0.2) is 5.11 Å². The van der Waals surface area contributed by atoms with Crippen molar-refractivity contribution in [3.8, 4) is 5.75 Å². The van der Waals surface area contributed by atoms with E-state index in [4.69, 9.17) is 40.4 Å². The number of likely N-dealkylation sites (N-methyl/N-ethyl adjacent to an activating group) is 1. The minimum Gasteiger partial charge on any atom is -0.406 e. The lowest BCUT2D eigenvalue weighted by Gasteiger charge is -2.26. The summed E-state index contributed by atoms with van der Waals surface area (Å²) >= 11 is 18.3. The minimum absolute atomic E-state index is 0.113. The zero-order valence-corrected chi connectivity index (χ0v) is 21.7. The van der Waals surface area contributed by atoms with Crippen molar-refractivity contribution < 1.29 is 22.7 Å². The van der Waals surface area contributed by atoms with Crippen LogP contribution in [0.1, 0.15) is 11.1 Å². The normalized spacial score (nSPS) is 15.4. The number of carbonyl (C=O) groups is 1. The van der Waals surface area contributed by atoms with E-state index in [0.29, 0.717) is 38.3 Å². The van der Waals surface area contributed by atoms with Gasteiger partial charge in [-0.05, 0) is 60.7 Å². The topological polar surface area (TPSA) is 57.2 Å². The number of alkyl halides is 3. The molecule has 0 aliphatic carbocycles. The van der Waals surface area contributed by atoms with Crippen LogP contribution in [0.5, 0.6) is 5.75 Å². The number of hydrogen-bond acceptors (Lipinski definition) is 4. The van der Waals surface area contributed by atoms with E-state index >= 15 is 0 Å². The molecule has 0 saturated carbocycles. The third kappa shape index (κ3) is 5.98. The van der Waals surface area contributed by atoms with Crippen LogP contribution in [0.4, 0.5) is 24.5 Å². The Labute approximate surface area is 226 Å². The molecule has 6 nitrogen and oxygen atoms in total. The molecular formula is C25H19Cl2F3N4O2S. The van der Waals surface area contributed by atoms with Crippen molar-refractivity contribution >= 4 is 63.5 Å². The van der Waals surface area contributed by atoms with Crippen molar-refractivity contribution in [1.82, 2.24) is 5.32 Å². The summed E-state index contributed by atoms with van der Waals surface area (Å²) in [5.41, 5.74) is 2.70. The maximum atomic E-state index is 13.4. The number of aliphatic imine (C=N–C) groups is 1. The molecule has 0 spiro atoms. The number of fused-ring (bicyclic) bond motifs is 1. The van der Waals surface area contributed by atoms with E-state index in [9.17, 15) is 18.0 Å². The summed E-state index contributed by atoms with van der Waals surface area (Å²) in [5, 5.41) is 3.96. The fourth-order valence-corrected chi connectivity index (χ4v) is 4.33. The number of benzodiazepines with no additional fused rings is 1. The van der Waals surface area contributed by atoms with E-state index in [0.717, 1.165) is 0 Å². The molecule has 1 amide bonds. The van der Waals surface area contributed by atoms with Crippen molar-refractivity contribution in [3.05, 3.63) is 87.9 Å². The van der Waals surface area contributed by atoms with Gasteiger partial charge in [0.2, 0.25) is 6.17 Å². The average molecular weight is 567 g/mol. The van der Waals surface area contributed by atoms with Crippen LogP contribution in [-0.2, 0) is 4.79 Å². The molecule has 1 N–H and O–H groups in total. The second-order valence-corrected chi connectivity index (χ2v) is 9.20. The Morgan fingerprint density at radius 1 is 1.08 bits per heavy atom. The molecule has 192 valence electrons. The second-order valence-electron chi connectivity index (χ2n) is 7.97. The highest BCUT2D eigenvalue weighted by atomic mass is 35.5. The molecule has 12 heteroatoms. The summed E-state index contributed by atoms with van der Waals surface area (Å²) < 4.78 is 41.3. The lowest BCUT2D eigenvalue weighted by Crippen LogP contribution is -2.49. The van der Waals surface area contributed by atoms with Gasteiger partial charge in [-0.3, -0.25) is 4.79 Å². The highest BCUT2D eigenvalue weighted by molar-refractivity contribution is 7.80. The third-order valence-corrected chi connectivity index (χ3v) is 6.51. The molecule has 0 fully saturated rings. The molecule has 3 aromatic rings. The maximum Gasteiger partial charge on any atom is 0.573 e. The molecule has 1 unspecified atom stereocenters. The molecule has 3 aromatic carbocycles. The number of nitrogens with zero attached hydrogens (tertiary/aromatic N) is 3. The fraction of sp³-hybridized carbons (Fsp3) is 0.160. The van der Waals surface area contributed by atoms with Crippen molar-refractivity contribution in [3.63, 3.8) is 0 Å². The quantitative estimate of drug-likeness (QED) is 0.390. The summed E-state index contributed by atoms with van der Waals surface area (Å²) in [5.74, 6) is -0.759. The number of halogens is 5. The second kappa shape index (κ2) is 10.6. The predicted molar refractivity (Wildman–Crippen MR) is 143 cm³/mol. The first kappa shape index (κ1) is 26.7. The highest BCUT2D eigenvalue weighted by Crippen LogP contribution is 2.32. The van der Waals surface area contributed by atoms with E-state index in [1.165, 1.54) is 34.1 Å². The molecule has 37 heavy (non-hydrogen) atoms. The van der Waals surface area contributed by atoms with Gasteiger partial charge in [-0.2, -0.15) is 0 Å². The van der Waals surface area contributed by atoms with E-state index in [1.807, 2.05) is 0 Å². The van der Waals surface area contributed by atoms with Crippen molar-refractivity contribution in [1.29, 1.82) is 0 Å². The van der Waals surface area contributed by atoms with Gasteiger partial charge < -0.3 is 19.9 Å². The van der Waals surface area contributed by atoms with Crippen molar-refractivity contribution in [2.45, 2.75) is 12.5 Å². The fourth-order valence-electron chi connectivity index (χ4n) is 3.71. The van der Waals surface area contributed by atoms with Gasteiger partial charge in [0.05, 0.1) is 11.4 Å². The van der Waals surface area contributed by atoms with Crippen LogP contribution in [0.15, 0.2) is 71.7 Å². The predicted octanol–water partition coefficient (Wildman–Crippen LogP) is 6.04. The van der Waals surface area contributed by atoms with Crippen LogP contribution < -0.4 is 19.9 Å². The summed E-state index contributed by atoms with van der Waals surface area (Å²) in [6, 6.07) is 17.3. The number of hydrogen-bond donors (Lipinski definition) is 1. The first-order valence-corrected chi connectivity index (χ1v) is 11.9. The van der Waals surface area contributed by atoms with Gasteiger partial charge in [-0.1, -0.05) is 41.4 Å². The van der Waals surface area contributed by atoms with Crippen molar-refractivity contribution in [2.75, 3.05) is 23.9 Å². The number of rotatable bonds is 4. The first-order chi connectivity index (χ1) is 17.4. The van der Waals surface area contributed by atoms with Crippen LogP contribution in [0.3, 0.4) is 0 Å². The lowest BCUT2D eigenvalue weighted by molar-refractivity contribution is -0.274. The molecule has 1 heterocycles. The Morgan fingerprint density at radius 3 is 2.41 bits per heavy atom. The number of amides is 1. The van der Waals surface area contributed by atoms with Crippen molar-refractivity contribution in [2.24, 2.45) is 4.99 Å². The van der Waals surface area contributed by atoms with E-state index in [-0.39, 0.29) is 10.9 Å². The highest BCUT2D eigenvalue weighted by Gasteiger charge is 2.32. The van der Waals surface area contributed by atoms with Crippen LogP contribution >= 0.6 is 35.4 Å². The van der Waals surface area contributed by atoms with Gasteiger partial charge in [-0.15, -0.1) is 13.2 Å². The molecule has 0 radical (unpaired) electrons. The Bertz CT molecular complexity index is 1380. The summed E-state index contributed by atoms with van der Waals surface area (Å²) in [4.78, 5) is 21.1. The molecule has 1 atom stereocenters. The minimum atomic E-state index is -4.80. The number of anilines is 2. The molecular weight excluding hydrogens is 548 g/mol. The molecule has 1 aliphatic heterocycles. The zero-order chi connectivity index (χ0) is 26.9. The summed E-state index contributed by atoms with van der Waals surface area (Å²) in [7, 11) is 3.22. The Kier molecular flexibility index (Phi) is 7.63. The van der Waals surface area contributed by atoms with Gasteiger partial charge >= 0.3 is 6.36 Å². The Balaban J connectivity index is 1.67. The third-order valence-electron chi connectivity index (χ3n) is 5.55. The van der Waals surface area contributed by atoms with Gasteiger partial charge in [-0.25, -0.2) is 4.99 Å². The maximum absolute atomic E-state index is 13.4. The van der Waals surface area contributed by atoms with Gasteiger partial charge in [0.25, 0.3) is 5.91 Å². The largest absolute Gasteiger partial charge is 0.573 e. The molecule has 0 bridgehead atoms. The van der Waals surface area contributed by atoms with Crippen LogP contribution in [0, 0.1) is 0 Å². The van der Waals surface area contributed by atoms with Crippen LogP contribution in [0.25, 0.3) is 0 Å². The summed E-state index contributed by atoms with van der Waals surface area (Å²) in [6.07, 6.45) is -5.93. The van der Waals surface area contributed by atoms with Crippen LogP contribution in [0.2, 0.25) is 10.0 Å². The van der Waals surface area contributed by atoms with Gasteiger partial charge in [0, 0.05) is 41.0 Å². The Hall–Kier alpha value is -3.34. The van der Waals surface area contributed by atoms with E-state index in [2.05, 4.69) is 10.1 Å². The standard InChI is InChI=1S/C25H19Cl2F3N4O2S/c1-33(15-8-10-16(11-9-15)36-25(28,29)30)24(37)32-22-23(35)34(2)20-12-7-14(26)13-18(20)21(31-22)17-5-3-4-6-19(17)27/h3-13,22H,1-2H3,(H,32,37). The zero-order valence-electron chi connectivity index (χ0n) is 19.4. The monoisotopic (exact) mass is 566 g/mol. The number of nitrogens with one attached hydrogen (secondary N) is 1. The Morgan fingerprint density at radius 2 is 1.76 bits per heavy atom. The molecule has 0 aromatic heterocycles. The smallest absolute Gasteiger partial charge is 0.406 e. The number of ether oxygens (including phenoxy) is 1. The van der Waals surface area contributed by atoms with E-state index in [1.54, 1.807) is 56.6 Å². The lowest BCUT2D eigenvalue weighted by atomic mass is 10.00. The molecule has 1 aliphatic rings.